The predicted molar refractivity (Wildman–Crippen MR) is 117 cm³/mol. The van der Waals surface area contributed by atoms with Crippen LogP contribution in [0.3, 0.4) is 0 Å². The zero-order valence-electron chi connectivity index (χ0n) is 16.7. The number of nitro groups is 1. The molecule has 31 heavy (non-hydrogen) atoms. The van der Waals surface area contributed by atoms with Gasteiger partial charge in [0.1, 0.15) is 5.75 Å². The fraction of sp³-hybridized carbons (Fsp3) is 0.136. The minimum atomic E-state index is -0.443. The smallest absolute Gasteiger partial charge is 0.301 e. The Bertz CT molecular complexity index is 1200. The van der Waals surface area contributed by atoms with E-state index in [2.05, 4.69) is 27.3 Å². The van der Waals surface area contributed by atoms with Crippen molar-refractivity contribution >= 4 is 17.4 Å². The van der Waals surface area contributed by atoms with Gasteiger partial charge in [-0.2, -0.15) is 0 Å². The molecule has 2 aromatic carbocycles. The maximum Gasteiger partial charge on any atom is 0.301 e. The number of aryl methyl sites for hydroxylation is 1. The Hall–Kier alpha value is -3.72. The zero-order chi connectivity index (χ0) is 21.6. The molecule has 0 N–H and O–H groups in total. The van der Waals surface area contributed by atoms with Gasteiger partial charge in [0.05, 0.1) is 17.6 Å². The zero-order valence-corrected chi connectivity index (χ0v) is 17.5. The van der Waals surface area contributed by atoms with E-state index in [1.807, 2.05) is 47.0 Å². The lowest BCUT2D eigenvalue weighted by Crippen LogP contribution is -2.06. The second-order valence-corrected chi connectivity index (χ2v) is 7.54. The summed E-state index contributed by atoms with van der Waals surface area (Å²) >= 11 is 1.13. The van der Waals surface area contributed by atoms with Gasteiger partial charge in [-0.15, -0.1) is 10.2 Å². The number of rotatable bonds is 8. The van der Waals surface area contributed by atoms with Crippen LogP contribution >= 0.6 is 11.8 Å². The van der Waals surface area contributed by atoms with Gasteiger partial charge in [-0.3, -0.25) is 10.1 Å². The van der Waals surface area contributed by atoms with Crippen LogP contribution in [0.1, 0.15) is 5.56 Å². The van der Waals surface area contributed by atoms with E-state index >= 15 is 0 Å². The van der Waals surface area contributed by atoms with Gasteiger partial charge >= 0.3 is 5.69 Å². The minimum Gasteiger partial charge on any atom is -0.496 e. The molecule has 0 aliphatic heterocycles. The molecule has 0 amide bonds. The van der Waals surface area contributed by atoms with Gasteiger partial charge in [-0.05, 0) is 41.9 Å². The summed E-state index contributed by atoms with van der Waals surface area (Å²) in [5.41, 5.74) is 1.90. The number of hydrogen-bond donors (Lipinski definition) is 0. The first-order valence-electron chi connectivity index (χ1n) is 9.55. The fourth-order valence-corrected chi connectivity index (χ4v) is 4.07. The summed E-state index contributed by atoms with van der Waals surface area (Å²) in [5, 5.41) is 20.9. The lowest BCUT2D eigenvalue weighted by Gasteiger charge is -2.12. The van der Waals surface area contributed by atoms with E-state index in [9.17, 15) is 10.1 Å². The average Bonchev–Trinajstić information content (AvgIpc) is 3.20. The Balaban J connectivity index is 1.75. The lowest BCUT2D eigenvalue weighted by atomic mass is 10.1. The van der Waals surface area contributed by atoms with E-state index in [1.165, 1.54) is 17.8 Å². The van der Waals surface area contributed by atoms with Gasteiger partial charge in [0, 0.05) is 18.8 Å². The normalized spacial score (nSPS) is 10.7. The summed E-state index contributed by atoms with van der Waals surface area (Å²) in [6.07, 6.45) is 2.28. The van der Waals surface area contributed by atoms with Crippen LogP contribution < -0.4 is 4.74 Å². The molecule has 4 aromatic rings. The monoisotopic (exact) mass is 433 g/mol. The number of hydrogen-bond acceptors (Lipinski definition) is 7. The van der Waals surface area contributed by atoms with Crippen molar-refractivity contribution in [3.8, 4) is 17.1 Å². The Morgan fingerprint density at radius 1 is 1.03 bits per heavy atom. The molecule has 0 saturated heterocycles. The third-order valence-electron chi connectivity index (χ3n) is 4.67. The van der Waals surface area contributed by atoms with Crippen LogP contribution in [0.2, 0.25) is 0 Å². The molecule has 9 heteroatoms. The molecule has 0 bridgehead atoms. The second-order valence-electron chi connectivity index (χ2n) is 6.58. The highest BCUT2D eigenvalue weighted by Gasteiger charge is 2.22. The Morgan fingerprint density at radius 2 is 1.81 bits per heavy atom. The van der Waals surface area contributed by atoms with Gasteiger partial charge in [0.2, 0.25) is 0 Å². The number of para-hydroxylation sites is 1. The van der Waals surface area contributed by atoms with E-state index in [-0.39, 0.29) is 10.7 Å². The third kappa shape index (κ3) is 4.56. The largest absolute Gasteiger partial charge is 0.496 e. The summed E-state index contributed by atoms with van der Waals surface area (Å²) in [6.45, 7) is 0.591. The SMILES string of the molecule is COc1ccccc1-c1nnc(Sc2ncccc2[N+](=O)[O-])n1CCc1ccccc1. The highest BCUT2D eigenvalue weighted by atomic mass is 32.2. The number of pyridine rings is 1. The summed E-state index contributed by atoms with van der Waals surface area (Å²) in [6, 6.07) is 20.6. The summed E-state index contributed by atoms with van der Waals surface area (Å²) < 4.78 is 7.46. The summed E-state index contributed by atoms with van der Waals surface area (Å²) in [7, 11) is 1.61. The molecule has 0 unspecified atom stereocenters. The van der Waals surface area contributed by atoms with E-state index in [1.54, 1.807) is 13.2 Å². The van der Waals surface area contributed by atoms with Gasteiger partial charge in [0.25, 0.3) is 0 Å². The van der Waals surface area contributed by atoms with Crippen LogP contribution in [0, 0.1) is 10.1 Å². The topological polar surface area (TPSA) is 96.0 Å². The van der Waals surface area contributed by atoms with E-state index in [0.29, 0.717) is 23.3 Å². The maximum atomic E-state index is 11.4. The molecule has 0 saturated carbocycles. The second kappa shape index (κ2) is 9.40. The van der Waals surface area contributed by atoms with Gasteiger partial charge in [-0.25, -0.2) is 4.98 Å². The van der Waals surface area contributed by atoms with Crippen molar-refractivity contribution in [2.75, 3.05) is 7.11 Å². The summed E-state index contributed by atoms with van der Waals surface area (Å²) in [5.74, 6) is 1.31. The van der Waals surface area contributed by atoms with E-state index < -0.39 is 4.92 Å². The number of benzene rings is 2. The molecule has 156 valence electrons. The third-order valence-corrected chi connectivity index (χ3v) is 5.66. The molecule has 2 aromatic heterocycles. The quantitative estimate of drug-likeness (QED) is 0.295. The van der Waals surface area contributed by atoms with Crippen molar-refractivity contribution in [2.45, 2.75) is 23.1 Å². The molecule has 0 aliphatic carbocycles. The van der Waals surface area contributed by atoms with Crippen LogP contribution in [0.25, 0.3) is 11.4 Å². The molecule has 0 radical (unpaired) electrons. The molecular weight excluding hydrogens is 414 g/mol. The van der Waals surface area contributed by atoms with E-state index in [4.69, 9.17) is 4.74 Å². The first-order chi connectivity index (χ1) is 15.2. The standard InChI is InChI=1S/C22H19N5O3S/c1-30-19-12-6-5-10-17(19)20-24-25-22(26(20)15-13-16-8-3-2-4-9-16)31-21-18(27(28)29)11-7-14-23-21/h2-12,14H,13,15H2,1H3. The summed E-state index contributed by atoms with van der Waals surface area (Å²) in [4.78, 5) is 15.2. The Labute approximate surface area is 183 Å². The van der Waals surface area contributed by atoms with Crippen LogP contribution in [-0.4, -0.2) is 31.8 Å². The Kier molecular flexibility index (Phi) is 6.23. The average molecular weight is 433 g/mol. The first-order valence-corrected chi connectivity index (χ1v) is 10.4. The van der Waals surface area contributed by atoms with Crippen molar-refractivity contribution in [3.05, 3.63) is 88.6 Å². The Morgan fingerprint density at radius 3 is 2.58 bits per heavy atom. The van der Waals surface area contributed by atoms with Crippen molar-refractivity contribution in [2.24, 2.45) is 0 Å². The van der Waals surface area contributed by atoms with Crippen LogP contribution in [0.5, 0.6) is 5.75 Å². The maximum absolute atomic E-state index is 11.4. The molecule has 4 rings (SSSR count). The number of aromatic nitrogens is 4. The van der Waals surface area contributed by atoms with E-state index in [0.717, 1.165) is 23.7 Å². The van der Waals surface area contributed by atoms with Gasteiger partial charge < -0.3 is 9.30 Å². The first kappa shape index (κ1) is 20.5. The van der Waals surface area contributed by atoms with Crippen molar-refractivity contribution in [3.63, 3.8) is 0 Å². The van der Waals surface area contributed by atoms with Crippen LogP contribution in [0.15, 0.2) is 83.1 Å². The molecule has 8 nitrogen and oxygen atoms in total. The molecule has 2 heterocycles. The predicted octanol–water partition coefficient (Wildman–Crippen LogP) is 4.65. The van der Waals surface area contributed by atoms with Crippen LogP contribution in [-0.2, 0) is 13.0 Å². The highest BCUT2D eigenvalue weighted by molar-refractivity contribution is 7.99. The molecule has 0 atom stereocenters. The van der Waals surface area contributed by atoms with Gasteiger partial charge in [-0.1, -0.05) is 42.5 Å². The minimum absolute atomic E-state index is 0.0658. The number of methoxy groups -OCH3 is 1. The lowest BCUT2D eigenvalue weighted by molar-refractivity contribution is -0.388. The molecule has 0 spiro atoms. The van der Waals surface area contributed by atoms with Gasteiger partial charge in [0.15, 0.2) is 16.0 Å². The fourth-order valence-electron chi connectivity index (χ4n) is 3.17. The number of nitrogens with zero attached hydrogens (tertiary/aromatic N) is 5. The molecular formula is C22H19N5O3S. The molecule has 0 fully saturated rings. The highest BCUT2D eigenvalue weighted by Crippen LogP contribution is 2.35. The van der Waals surface area contributed by atoms with Crippen molar-refractivity contribution < 1.29 is 9.66 Å². The number of ether oxygens (including phenoxy) is 1. The molecule has 0 aliphatic rings. The van der Waals surface area contributed by atoms with Crippen LogP contribution in [0.4, 0.5) is 5.69 Å². The van der Waals surface area contributed by atoms with Crippen molar-refractivity contribution in [1.82, 2.24) is 19.7 Å². The van der Waals surface area contributed by atoms with Crippen molar-refractivity contribution in [1.29, 1.82) is 0 Å².